The number of carboxylic acid groups (broad SMARTS) is 1. The first-order chi connectivity index (χ1) is 13.0. The van der Waals surface area contributed by atoms with Crippen molar-refractivity contribution in [1.29, 1.82) is 0 Å². The van der Waals surface area contributed by atoms with E-state index in [1.165, 1.54) is 18.2 Å². The number of oxime groups is 1. The summed E-state index contributed by atoms with van der Waals surface area (Å²) in [5.74, 6) is -1.21. The summed E-state index contributed by atoms with van der Waals surface area (Å²) in [5, 5.41) is 13.1. The molecule has 10 heteroatoms. The molecular formula is C18H11BrCl2F3NO3. The summed E-state index contributed by atoms with van der Waals surface area (Å²) in [6, 6.07) is 6.53. The van der Waals surface area contributed by atoms with Gasteiger partial charge in [0.1, 0.15) is 0 Å². The second kappa shape index (κ2) is 7.24. The van der Waals surface area contributed by atoms with Gasteiger partial charge in [0.05, 0.1) is 17.7 Å². The highest BCUT2D eigenvalue weighted by molar-refractivity contribution is 9.10. The third kappa shape index (κ3) is 3.49. The maximum absolute atomic E-state index is 14.0. The lowest BCUT2D eigenvalue weighted by atomic mass is 9.86. The third-order valence-electron chi connectivity index (χ3n) is 4.39. The molecule has 0 saturated heterocycles. The molecule has 1 aliphatic rings. The average molecular weight is 497 g/mol. The minimum Gasteiger partial charge on any atom is -0.478 e. The van der Waals surface area contributed by atoms with Crippen LogP contribution in [0, 0.1) is 6.92 Å². The fourth-order valence-corrected chi connectivity index (χ4v) is 4.36. The first-order valence-electron chi connectivity index (χ1n) is 7.77. The van der Waals surface area contributed by atoms with E-state index >= 15 is 0 Å². The normalized spacial score (nSPS) is 19.3. The van der Waals surface area contributed by atoms with E-state index in [2.05, 4.69) is 21.1 Å². The molecule has 1 atom stereocenters. The van der Waals surface area contributed by atoms with E-state index in [9.17, 15) is 23.1 Å². The number of carbonyl (C=O) groups is 1. The van der Waals surface area contributed by atoms with Crippen LogP contribution in [-0.4, -0.2) is 23.0 Å². The highest BCUT2D eigenvalue weighted by atomic mass is 79.9. The molecule has 4 nitrogen and oxygen atoms in total. The van der Waals surface area contributed by atoms with E-state index in [1.54, 1.807) is 6.92 Å². The van der Waals surface area contributed by atoms with Crippen molar-refractivity contribution in [3.05, 3.63) is 67.1 Å². The molecule has 0 amide bonds. The van der Waals surface area contributed by atoms with Gasteiger partial charge < -0.3 is 9.94 Å². The van der Waals surface area contributed by atoms with Crippen LogP contribution in [0.4, 0.5) is 13.2 Å². The summed E-state index contributed by atoms with van der Waals surface area (Å²) in [5.41, 5.74) is -2.55. The molecule has 0 radical (unpaired) electrons. The Kier molecular flexibility index (Phi) is 5.42. The minimum atomic E-state index is -4.83. The molecule has 0 aliphatic carbocycles. The Bertz CT molecular complexity index is 990. The second-order valence-electron chi connectivity index (χ2n) is 6.21. The number of hydrogen-bond acceptors (Lipinski definition) is 3. The van der Waals surface area contributed by atoms with Crippen molar-refractivity contribution in [2.45, 2.75) is 25.1 Å². The van der Waals surface area contributed by atoms with Crippen LogP contribution in [0.15, 0.2) is 40.0 Å². The molecule has 0 fully saturated rings. The lowest BCUT2D eigenvalue weighted by Crippen LogP contribution is -2.42. The number of carboxylic acids is 1. The smallest absolute Gasteiger partial charge is 0.435 e. The van der Waals surface area contributed by atoms with Crippen molar-refractivity contribution in [2.24, 2.45) is 5.16 Å². The van der Waals surface area contributed by atoms with Gasteiger partial charge in [0.15, 0.2) is 0 Å². The summed E-state index contributed by atoms with van der Waals surface area (Å²) in [7, 11) is 0. The van der Waals surface area contributed by atoms with Gasteiger partial charge in [-0.25, -0.2) is 4.79 Å². The maximum atomic E-state index is 14.0. The van der Waals surface area contributed by atoms with Crippen LogP contribution in [0.5, 0.6) is 0 Å². The zero-order valence-corrected chi connectivity index (χ0v) is 17.2. The van der Waals surface area contributed by atoms with Crippen molar-refractivity contribution in [2.75, 3.05) is 0 Å². The van der Waals surface area contributed by atoms with Crippen LogP contribution in [0.2, 0.25) is 10.0 Å². The fraction of sp³-hybridized carbons (Fsp3) is 0.222. The Hall–Kier alpha value is -1.77. The molecule has 3 rings (SSSR count). The van der Waals surface area contributed by atoms with Crippen LogP contribution >= 0.6 is 39.1 Å². The van der Waals surface area contributed by atoms with Crippen LogP contribution in [-0.2, 0) is 10.4 Å². The summed E-state index contributed by atoms with van der Waals surface area (Å²) < 4.78 is 42.2. The van der Waals surface area contributed by atoms with Crippen molar-refractivity contribution in [3.63, 3.8) is 0 Å². The number of benzene rings is 2. The molecule has 2 aromatic carbocycles. The summed E-state index contributed by atoms with van der Waals surface area (Å²) in [6.45, 7) is 1.58. The van der Waals surface area contributed by atoms with E-state index in [0.29, 0.717) is 5.56 Å². The molecule has 1 aliphatic heterocycles. The Morgan fingerprint density at radius 1 is 1.25 bits per heavy atom. The van der Waals surface area contributed by atoms with Crippen molar-refractivity contribution in [3.8, 4) is 0 Å². The van der Waals surface area contributed by atoms with E-state index in [-0.39, 0.29) is 36.9 Å². The maximum Gasteiger partial charge on any atom is 0.435 e. The molecule has 0 aromatic heterocycles. The molecule has 0 saturated carbocycles. The quantitative estimate of drug-likeness (QED) is 0.539. The van der Waals surface area contributed by atoms with E-state index < -0.39 is 24.2 Å². The highest BCUT2D eigenvalue weighted by Gasteiger charge is 2.62. The zero-order valence-electron chi connectivity index (χ0n) is 14.1. The molecule has 1 unspecified atom stereocenters. The SMILES string of the molecule is Cc1ccc(C2=NOC(c3cc(Cl)cc(Cl)c3)(C(F)(F)F)C2)c(Br)c1C(=O)O. The van der Waals surface area contributed by atoms with Gasteiger partial charge in [-0.2, -0.15) is 13.2 Å². The predicted molar refractivity (Wildman–Crippen MR) is 102 cm³/mol. The van der Waals surface area contributed by atoms with Gasteiger partial charge in [-0.3, -0.25) is 0 Å². The van der Waals surface area contributed by atoms with Crippen molar-refractivity contribution < 1.29 is 27.9 Å². The Morgan fingerprint density at radius 2 is 1.86 bits per heavy atom. The third-order valence-corrected chi connectivity index (χ3v) is 5.65. The van der Waals surface area contributed by atoms with Crippen LogP contribution in [0.1, 0.15) is 33.5 Å². The molecular weight excluding hydrogens is 486 g/mol. The number of aryl methyl sites for hydroxylation is 1. The second-order valence-corrected chi connectivity index (χ2v) is 7.88. The first-order valence-corrected chi connectivity index (χ1v) is 9.32. The van der Waals surface area contributed by atoms with Gasteiger partial charge >= 0.3 is 12.1 Å². The molecule has 148 valence electrons. The molecule has 1 N–H and O–H groups in total. The standard InChI is InChI=1S/C18H11BrCl2F3NO3/c1-8-2-3-12(15(19)14(8)16(26)27)13-7-17(28-25-13,18(22,23)24)9-4-10(20)6-11(21)5-9/h2-6H,7H2,1H3,(H,26,27). The molecule has 1 heterocycles. The lowest BCUT2D eigenvalue weighted by molar-refractivity contribution is -0.275. The van der Waals surface area contributed by atoms with Gasteiger partial charge in [0.2, 0.25) is 0 Å². The zero-order chi connectivity index (χ0) is 20.9. The van der Waals surface area contributed by atoms with Crippen LogP contribution in [0.25, 0.3) is 0 Å². The number of hydrogen-bond donors (Lipinski definition) is 1. The Balaban J connectivity index is 2.10. The Labute approximate surface area is 176 Å². The van der Waals surface area contributed by atoms with E-state index in [4.69, 9.17) is 28.0 Å². The van der Waals surface area contributed by atoms with Crippen LogP contribution < -0.4 is 0 Å². The van der Waals surface area contributed by atoms with Crippen LogP contribution in [0.3, 0.4) is 0 Å². The van der Waals surface area contributed by atoms with Gasteiger partial charge in [-0.15, -0.1) is 0 Å². The monoisotopic (exact) mass is 495 g/mol. The molecule has 28 heavy (non-hydrogen) atoms. The predicted octanol–water partition coefficient (Wildman–Crippen LogP) is 6.34. The minimum absolute atomic E-state index is 0.0212. The van der Waals surface area contributed by atoms with E-state index in [0.717, 1.165) is 12.1 Å². The van der Waals surface area contributed by atoms with Crippen molar-refractivity contribution >= 4 is 50.8 Å². The summed E-state index contributed by atoms with van der Waals surface area (Å²) >= 11 is 14.9. The van der Waals surface area contributed by atoms with Crippen molar-refractivity contribution in [1.82, 2.24) is 0 Å². The average Bonchev–Trinajstić information content (AvgIpc) is 3.00. The number of alkyl halides is 3. The fourth-order valence-electron chi connectivity index (χ4n) is 2.99. The van der Waals surface area contributed by atoms with Gasteiger partial charge in [0, 0.05) is 25.6 Å². The number of rotatable bonds is 3. The topological polar surface area (TPSA) is 58.9 Å². The number of halogens is 6. The number of aromatic carboxylic acids is 1. The summed E-state index contributed by atoms with van der Waals surface area (Å²) in [6.07, 6.45) is -5.51. The Morgan fingerprint density at radius 3 is 2.39 bits per heavy atom. The lowest BCUT2D eigenvalue weighted by Gasteiger charge is -2.29. The number of nitrogens with zero attached hydrogens (tertiary/aromatic N) is 1. The first kappa shape index (κ1) is 21.0. The highest BCUT2D eigenvalue weighted by Crippen LogP contribution is 2.50. The molecule has 0 spiro atoms. The van der Waals surface area contributed by atoms with Gasteiger partial charge in [-0.05, 0) is 46.6 Å². The van der Waals surface area contributed by atoms with Gasteiger partial charge in [-0.1, -0.05) is 40.5 Å². The molecule has 2 aromatic rings. The largest absolute Gasteiger partial charge is 0.478 e. The van der Waals surface area contributed by atoms with Gasteiger partial charge in [0.25, 0.3) is 5.60 Å². The van der Waals surface area contributed by atoms with E-state index in [1.807, 2.05) is 0 Å². The summed E-state index contributed by atoms with van der Waals surface area (Å²) in [4.78, 5) is 16.4. The molecule has 0 bridgehead atoms.